The number of nitrogens with one attached hydrogen (secondary N) is 2. The van der Waals surface area contributed by atoms with Crippen LogP contribution in [0.4, 0.5) is 11.4 Å². The van der Waals surface area contributed by atoms with Gasteiger partial charge in [0.15, 0.2) is 0 Å². The van der Waals surface area contributed by atoms with Gasteiger partial charge in [0.1, 0.15) is 5.25 Å². The quantitative estimate of drug-likeness (QED) is 0.391. The van der Waals surface area contributed by atoms with Crippen LogP contribution >= 0.6 is 27.7 Å². The highest BCUT2D eigenvalue weighted by Gasteiger charge is 2.29. The molecular formula is C24H21BrN2O2S. The molecule has 0 bridgehead atoms. The maximum absolute atomic E-state index is 13.2. The highest BCUT2D eigenvalue weighted by Crippen LogP contribution is 2.38. The van der Waals surface area contributed by atoms with E-state index in [2.05, 4.69) is 26.6 Å². The molecule has 0 aromatic heterocycles. The third-order valence-electron chi connectivity index (χ3n) is 4.78. The van der Waals surface area contributed by atoms with Crippen LogP contribution < -0.4 is 10.6 Å². The van der Waals surface area contributed by atoms with Gasteiger partial charge in [0, 0.05) is 21.0 Å². The normalized spacial score (nSPS) is 14.0. The minimum Gasteiger partial charge on any atom is -0.326 e. The maximum atomic E-state index is 13.2. The molecule has 1 aliphatic carbocycles. The van der Waals surface area contributed by atoms with E-state index in [1.165, 1.54) is 11.8 Å². The second-order valence-corrected chi connectivity index (χ2v) is 9.20. The van der Waals surface area contributed by atoms with Crippen molar-refractivity contribution >= 4 is 50.9 Å². The van der Waals surface area contributed by atoms with E-state index < -0.39 is 5.25 Å². The number of hydrogen-bond donors (Lipinski definition) is 2. The molecule has 3 aromatic rings. The van der Waals surface area contributed by atoms with Crippen LogP contribution in [0.5, 0.6) is 0 Å². The molecule has 1 saturated carbocycles. The number of rotatable bonds is 7. The molecule has 2 amide bonds. The smallest absolute Gasteiger partial charge is 0.242 e. The fourth-order valence-electron chi connectivity index (χ4n) is 3.03. The average Bonchev–Trinajstić information content (AvgIpc) is 3.60. The van der Waals surface area contributed by atoms with E-state index in [4.69, 9.17) is 0 Å². The molecule has 0 spiro atoms. The van der Waals surface area contributed by atoms with Crippen molar-refractivity contribution in [2.75, 3.05) is 10.6 Å². The molecule has 1 fully saturated rings. The van der Waals surface area contributed by atoms with Crippen molar-refractivity contribution in [1.29, 1.82) is 0 Å². The van der Waals surface area contributed by atoms with E-state index in [1.54, 1.807) is 0 Å². The van der Waals surface area contributed by atoms with Gasteiger partial charge < -0.3 is 10.6 Å². The number of hydrogen-bond acceptors (Lipinski definition) is 3. The second-order valence-electron chi connectivity index (χ2n) is 7.17. The van der Waals surface area contributed by atoms with Gasteiger partial charge in [-0.05, 0) is 64.7 Å². The summed E-state index contributed by atoms with van der Waals surface area (Å²) < 4.78 is 0.833. The van der Waals surface area contributed by atoms with Crippen LogP contribution in [0, 0.1) is 5.92 Å². The average molecular weight is 481 g/mol. The van der Waals surface area contributed by atoms with Gasteiger partial charge in [0.2, 0.25) is 11.8 Å². The second kappa shape index (κ2) is 9.49. The lowest BCUT2D eigenvalue weighted by Crippen LogP contribution is -2.19. The first kappa shape index (κ1) is 20.7. The van der Waals surface area contributed by atoms with Crippen LogP contribution in [0.25, 0.3) is 0 Å². The Balaban J connectivity index is 1.55. The van der Waals surface area contributed by atoms with Crippen molar-refractivity contribution in [3.8, 4) is 0 Å². The molecule has 1 unspecified atom stereocenters. The Labute approximate surface area is 188 Å². The largest absolute Gasteiger partial charge is 0.326 e. The number of carbonyl (C=O) groups excluding carboxylic acids is 2. The molecule has 152 valence electrons. The van der Waals surface area contributed by atoms with E-state index in [-0.39, 0.29) is 17.7 Å². The van der Waals surface area contributed by atoms with Crippen molar-refractivity contribution in [1.82, 2.24) is 0 Å². The molecule has 6 heteroatoms. The van der Waals surface area contributed by atoms with Crippen molar-refractivity contribution in [3.63, 3.8) is 0 Å². The zero-order chi connectivity index (χ0) is 20.9. The monoisotopic (exact) mass is 480 g/mol. The lowest BCUT2D eigenvalue weighted by molar-refractivity contribution is -0.117. The molecule has 0 saturated heterocycles. The first-order chi connectivity index (χ1) is 14.6. The van der Waals surface area contributed by atoms with E-state index >= 15 is 0 Å². The molecule has 1 aliphatic rings. The molecule has 0 heterocycles. The number of para-hydroxylation sites is 1. The number of halogens is 1. The highest BCUT2D eigenvalue weighted by atomic mass is 79.9. The van der Waals surface area contributed by atoms with Gasteiger partial charge in [0.05, 0.1) is 5.69 Å². The summed E-state index contributed by atoms with van der Waals surface area (Å²) in [4.78, 5) is 26.2. The van der Waals surface area contributed by atoms with Gasteiger partial charge >= 0.3 is 0 Å². The van der Waals surface area contributed by atoms with Crippen LogP contribution in [-0.2, 0) is 9.59 Å². The highest BCUT2D eigenvalue weighted by molar-refractivity contribution is 9.10. The summed E-state index contributed by atoms with van der Waals surface area (Å²) in [5.41, 5.74) is 2.41. The number of carbonyl (C=O) groups is 2. The summed E-state index contributed by atoms with van der Waals surface area (Å²) >= 11 is 4.95. The van der Waals surface area contributed by atoms with E-state index in [0.717, 1.165) is 39.1 Å². The predicted octanol–water partition coefficient (Wildman–Crippen LogP) is 6.27. The Kier molecular flexibility index (Phi) is 6.55. The summed E-state index contributed by atoms with van der Waals surface area (Å²) in [5.74, 6) is 0.113. The molecule has 30 heavy (non-hydrogen) atoms. The van der Waals surface area contributed by atoms with Crippen LogP contribution in [0.1, 0.15) is 23.7 Å². The Morgan fingerprint density at radius 1 is 0.900 bits per heavy atom. The zero-order valence-electron chi connectivity index (χ0n) is 16.2. The lowest BCUT2D eigenvalue weighted by Gasteiger charge is -2.18. The molecule has 4 nitrogen and oxygen atoms in total. The first-order valence-corrected chi connectivity index (χ1v) is 11.5. The van der Waals surface area contributed by atoms with Gasteiger partial charge in [-0.1, -0.05) is 48.5 Å². The summed E-state index contributed by atoms with van der Waals surface area (Å²) in [6.45, 7) is 0. The minimum absolute atomic E-state index is 0.0726. The van der Waals surface area contributed by atoms with Crippen molar-refractivity contribution in [2.45, 2.75) is 23.0 Å². The van der Waals surface area contributed by atoms with Gasteiger partial charge in [-0.2, -0.15) is 0 Å². The Morgan fingerprint density at radius 3 is 2.37 bits per heavy atom. The molecule has 0 aliphatic heterocycles. The van der Waals surface area contributed by atoms with E-state index in [1.807, 2.05) is 78.9 Å². The Morgan fingerprint density at radius 2 is 1.63 bits per heavy atom. The van der Waals surface area contributed by atoms with Gasteiger partial charge in [-0.15, -0.1) is 11.8 Å². The summed E-state index contributed by atoms with van der Waals surface area (Å²) in [5, 5.41) is 5.56. The van der Waals surface area contributed by atoms with Crippen molar-refractivity contribution in [3.05, 3.63) is 88.9 Å². The third-order valence-corrected chi connectivity index (χ3v) is 6.72. The summed E-state index contributed by atoms with van der Waals surface area (Å²) in [7, 11) is 0. The Bertz CT molecular complexity index is 1050. The van der Waals surface area contributed by atoms with Gasteiger partial charge in [-0.3, -0.25) is 9.59 Å². The molecule has 4 rings (SSSR count). The van der Waals surface area contributed by atoms with Crippen molar-refractivity contribution in [2.24, 2.45) is 5.92 Å². The maximum Gasteiger partial charge on any atom is 0.242 e. The number of benzene rings is 3. The van der Waals surface area contributed by atoms with Crippen LogP contribution in [0.3, 0.4) is 0 Å². The molecule has 3 aromatic carbocycles. The van der Waals surface area contributed by atoms with Crippen LogP contribution in [0.15, 0.2) is 88.2 Å². The fourth-order valence-corrected chi connectivity index (χ4v) is 4.50. The minimum atomic E-state index is -0.437. The molecular weight excluding hydrogens is 460 g/mol. The topological polar surface area (TPSA) is 58.2 Å². The molecule has 0 radical (unpaired) electrons. The Hall–Kier alpha value is -2.57. The number of amides is 2. The molecule has 1 atom stereocenters. The lowest BCUT2D eigenvalue weighted by atomic mass is 10.1. The van der Waals surface area contributed by atoms with Gasteiger partial charge in [0.25, 0.3) is 0 Å². The van der Waals surface area contributed by atoms with Crippen LogP contribution in [-0.4, -0.2) is 11.8 Å². The summed E-state index contributed by atoms with van der Waals surface area (Å²) in [6.07, 6.45) is 1.93. The van der Waals surface area contributed by atoms with Gasteiger partial charge in [-0.25, -0.2) is 0 Å². The molecule has 2 N–H and O–H groups in total. The van der Waals surface area contributed by atoms with E-state index in [0.29, 0.717) is 0 Å². The third kappa shape index (κ3) is 5.32. The standard InChI is InChI=1S/C24H21BrN2O2S/c25-20-11-4-5-12-21(20)27-24(29)22(16-7-2-1-3-8-16)30-19-10-6-9-18(15-19)26-23(28)17-13-14-17/h1-12,15,17,22H,13-14H2,(H,26,28)(H,27,29). The first-order valence-electron chi connectivity index (χ1n) is 9.78. The summed E-state index contributed by atoms with van der Waals surface area (Å²) in [6, 6.07) is 24.9. The van der Waals surface area contributed by atoms with E-state index in [9.17, 15) is 9.59 Å². The predicted molar refractivity (Wildman–Crippen MR) is 126 cm³/mol. The SMILES string of the molecule is O=C(Nc1cccc(SC(C(=O)Nc2ccccc2Br)c2ccccc2)c1)C1CC1. The fraction of sp³-hybridized carbons (Fsp3) is 0.167. The zero-order valence-corrected chi connectivity index (χ0v) is 18.6. The van der Waals surface area contributed by atoms with Crippen molar-refractivity contribution < 1.29 is 9.59 Å². The number of thioether (sulfide) groups is 1. The number of anilines is 2. The van der Waals surface area contributed by atoms with Crippen LogP contribution in [0.2, 0.25) is 0 Å².